The van der Waals surface area contributed by atoms with Gasteiger partial charge in [0.2, 0.25) is 0 Å². The highest BCUT2D eigenvalue weighted by Gasteiger charge is 2.03. The monoisotopic (exact) mass is 182 g/mol. The molecule has 3 heteroatoms. The van der Waals surface area contributed by atoms with Crippen LogP contribution < -0.4 is 5.73 Å². The predicted octanol–water partition coefficient (Wildman–Crippen LogP) is 2.00. The first kappa shape index (κ1) is 11.0. The zero-order valence-corrected chi connectivity index (χ0v) is 7.64. The van der Waals surface area contributed by atoms with Crippen molar-refractivity contribution in [1.29, 1.82) is 5.26 Å². The van der Waals surface area contributed by atoms with Gasteiger partial charge in [-0.25, -0.2) is 0 Å². The van der Waals surface area contributed by atoms with Gasteiger partial charge >= 0.3 is 0 Å². The number of nitriles is 1. The number of nitrogens with two attached hydrogens (primary N) is 1. The first-order valence-corrected chi connectivity index (χ1v) is 3.50. The minimum atomic E-state index is -0.0640. The van der Waals surface area contributed by atoms with Gasteiger partial charge in [0.25, 0.3) is 0 Å². The van der Waals surface area contributed by atoms with Crippen LogP contribution in [0.5, 0.6) is 0 Å². The average molecular weight is 183 g/mol. The highest BCUT2D eigenvalue weighted by Crippen LogP contribution is 2.13. The Labute approximate surface area is 78.4 Å². The van der Waals surface area contributed by atoms with Crippen LogP contribution in [-0.4, -0.2) is 0 Å². The number of nitrogens with zero attached hydrogens (tertiary/aromatic N) is 1. The first-order chi connectivity index (χ1) is 5.25. The maximum atomic E-state index is 8.66. The zero-order chi connectivity index (χ0) is 8.27. The second-order valence-corrected chi connectivity index (χ2v) is 2.49. The topological polar surface area (TPSA) is 49.8 Å². The molecule has 0 aliphatic heterocycles. The van der Waals surface area contributed by atoms with Crippen molar-refractivity contribution in [2.24, 2.45) is 5.73 Å². The smallest absolute Gasteiger partial charge is 0.0995 e. The van der Waals surface area contributed by atoms with E-state index in [1.807, 2.05) is 25.1 Å². The standard InChI is InChI=1S/C9H10N2.ClH/c1-7(11)9-5-3-2-4-8(9)6-10;/h2-5,7H,11H2,1H3;1H. The molecule has 0 fully saturated rings. The summed E-state index contributed by atoms with van der Waals surface area (Å²) in [6.07, 6.45) is 0. The fraction of sp³-hybridized carbons (Fsp3) is 0.222. The third-order valence-corrected chi connectivity index (χ3v) is 1.57. The predicted molar refractivity (Wildman–Crippen MR) is 51.0 cm³/mol. The van der Waals surface area contributed by atoms with E-state index in [1.54, 1.807) is 6.07 Å². The van der Waals surface area contributed by atoms with Crippen molar-refractivity contribution in [1.82, 2.24) is 0 Å². The van der Waals surface area contributed by atoms with Gasteiger partial charge in [-0.2, -0.15) is 5.26 Å². The van der Waals surface area contributed by atoms with Crippen LogP contribution in [0.4, 0.5) is 0 Å². The van der Waals surface area contributed by atoms with E-state index in [-0.39, 0.29) is 18.4 Å². The van der Waals surface area contributed by atoms with E-state index in [4.69, 9.17) is 11.0 Å². The number of rotatable bonds is 1. The summed E-state index contributed by atoms with van der Waals surface area (Å²) in [6.45, 7) is 1.87. The van der Waals surface area contributed by atoms with Crippen molar-refractivity contribution in [3.63, 3.8) is 0 Å². The molecule has 0 amide bonds. The molecule has 64 valence electrons. The summed E-state index contributed by atoms with van der Waals surface area (Å²) in [4.78, 5) is 0. The Morgan fingerprint density at radius 2 is 2.00 bits per heavy atom. The van der Waals surface area contributed by atoms with Gasteiger partial charge in [0.05, 0.1) is 11.6 Å². The summed E-state index contributed by atoms with van der Waals surface area (Å²) in [7, 11) is 0. The average Bonchev–Trinajstić information content (AvgIpc) is 2.04. The molecule has 0 saturated carbocycles. The highest BCUT2D eigenvalue weighted by atomic mass is 35.5. The molecule has 1 aromatic carbocycles. The summed E-state index contributed by atoms with van der Waals surface area (Å²) >= 11 is 0. The molecule has 0 aromatic heterocycles. The maximum Gasteiger partial charge on any atom is 0.0995 e. The lowest BCUT2D eigenvalue weighted by Gasteiger charge is -2.05. The number of hydrogen-bond acceptors (Lipinski definition) is 2. The van der Waals surface area contributed by atoms with Crippen molar-refractivity contribution in [2.75, 3.05) is 0 Å². The summed E-state index contributed by atoms with van der Waals surface area (Å²) in [5, 5.41) is 8.66. The van der Waals surface area contributed by atoms with E-state index in [1.165, 1.54) is 0 Å². The van der Waals surface area contributed by atoms with Gasteiger partial charge in [-0.05, 0) is 18.6 Å². The molecule has 0 saturated heterocycles. The lowest BCUT2D eigenvalue weighted by molar-refractivity contribution is 0.815. The third kappa shape index (κ3) is 2.23. The molecule has 1 rings (SSSR count). The van der Waals surface area contributed by atoms with Gasteiger partial charge in [-0.15, -0.1) is 12.4 Å². The first-order valence-electron chi connectivity index (χ1n) is 3.50. The Bertz CT molecular complexity index is 289. The molecule has 2 N–H and O–H groups in total. The second-order valence-electron chi connectivity index (χ2n) is 2.49. The SMILES string of the molecule is CC(N)c1ccccc1C#N.Cl. The van der Waals surface area contributed by atoms with Gasteiger partial charge in [0.1, 0.15) is 0 Å². The summed E-state index contributed by atoms with van der Waals surface area (Å²) in [5.41, 5.74) is 7.22. The normalized spacial score (nSPS) is 11.1. The Morgan fingerprint density at radius 1 is 1.42 bits per heavy atom. The molecule has 1 aromatic rings. The Kier molecular flexibility index (Phi) is 4.35. The molecule has 0 aliphatic carbocycles. The van der Waals surface area contributed by atoms with Gasteiger partial charge in [-0.1, -0.05) is 18.2 Å². The van der Waals surface area contributed by atoms with Gasteiger partial charge in [-0.3, -0.25) is 0 Å². The number of benzene rings is 1. The lowest BCUT2D eigenvalue weighted by atomic mass is 10.0. The van der Waals surface area contributed by atoms with Crippen LogP contribution in [0.3, 0.4) is 0 Å². The van der Waals surface area contributed by atoms with Crippen molar-refractivity contribution < 1.29 is 0 Å². The van der Waals surface area contributed by atoms with E-state index in [0.29, 0.717) is 5.56 Å². The van der Waals surface area contributed by atoms with E-state index >= 15 is 0 Å². The Hall–Kier alpha value is -1.04. The van der Waals surface area contributed by atoms with Crippen LogP contribution in [0, 0.1) is 11.3 Å². The molecular formula is C9H11ClN2. The molecule has 0 aliphatic rings. The van der Waals surface area contributed by atoms with E-state index in [2.05, 4.69) is 6.07 Å². The van der Waals surface area contributed by atoms with Gasteiger partial charge in [0, 0.05) is 6.04 Å². The van der Waals surface area contributed by atoms with Crippen LogP contribution in [-0.2, 0) is 0 Å². The molecule has 0 radical (unpaired) electrons. The van der Waals surface area contributed by atoms with Crippen LogP contribution in [0.25, 0.3) is 0 Å². The zero-order valence-electron chi connectivity index (χ0n) is 6.82. The summed E-state index contributed by atoms with van der Waals surface area (Å²) in [6, 6.07) is 9.41. The minimum absolute atomic E-state index is 0. The molecule has 1 unspecified atom stereocenters. The molecule has 12 heavy (non-hydrogen) atoms. The molecule has 0 spiro atoms. The van der Waals surface area contributed by atoms with Crippen molar-refractivity contribution >= 4 is 12.4 Å². The third-order valence-electron chi connectivity index (χ3n) is 1.57. The van der Waals surface area contributed by atoms with Crippen molar-refractivity contribution in [3.05, 3.63) is 35.4 Å². The van der Waals surface area contributed by atoms with Crippen LogP contribution in [0.1, 0.15) is 24.1 Å². The number of hydrogen-bond donors (Lipinski definition) is 1. The molecule has 0 bridgehead atoms. The van der Waals surface area contributed by atoms with Crippen molar-refractivity contribution in [3.8, 4) is 6.07 Å². The van der Waals surface area contributed by atoms with Crippen LogP contribution in [0.2, 0.25) is 0 Å². The Morgan fingerprint density at radius 3 is 2.42 bits per heavy atom. The quantitative estimate of drug-likeness (QED) is 0.722. The molecule has 0 heterocycles. The van der Waals surface area contributed by atoms with E-state index in [0.717, 1.165) is 5.56 Å². The van der Waals surface area contributed by atoms with Gasteiger partial charge < -0.3 is 5.73 Å². The maximum absolute atomic E-state index is 8.66. The molecule has 1 atom stereocenters. The van der Waals surface area contributed by atoms with Gasteiger partial charge in [0.15, 0.2) is 0 Å². The highest BCUT2D eigenvalue weighted by molar-refractivity contribution is 5.85. The fourth-order valence-corrected chi connectivity index (χ4v) is 0.996. The molecular weight excluding hydrogens is 172 g/mol. The minimum Gasteiger partial charge on any atom is -0.324 e. The molecule has 2 nitrogen and oxygen atoms in total. The summed E-state index contributed by atoms with van der Waals surface area (Å²) < 4.78 is 0. The second kappa shape index (κ2) is 4.76. The largest absolute Gasteiger partial charge is 0.324 e. The number of halogens is 1. The lowest BCUT2D eigenvalue weighted by Crippen LogP contribution is -2.06. The van der Waals surface area contributed by atoms with Crippen LogP contribution in [0.15, 0.2) is 24.3 Å². The fourth-order valence-electron chi connectivity index (χ4n) is 0.996. The van der Waals surface area contributed by atoms with Crippen LogP contribution >= 0.6 is 12.4 Å². The summed E-state index contributed by atoms with van der Waals surface area (Å²) in [5.74, 6) is 0. The Balaban J connectivity index is 0.00000121. The van der Waals surface area contributed by atoms with E-state index < -0.39 is 0 Å². The van der Waals surface area contributed by atoms with E-state index in [9.17, 15) is 0 Å². The van der Waals surface area contributed by atoms with Crippen molar-refractivity contribution in [2.45, 2.75) is 13.0 Å².